The van der Waals surface area contributed by atoms with Gasteiger partial charge in [-0.25, -0.2) is 0 Å². The Hall–Kier alpha value is -3.28. The van der Waals surface area contributed by atoms with Gasteiger partial charge in [0.15, 0.2) is 0 Å². The van der Waals surface area contributed by atoms with E-state index in [0.717, 1.165) is 34.9 Å². The van der Waals surface area contributed by atoms with Crippen molar-refractivity contribution in [1.29, 1.82) is 0 Å². The molecule has 1 N–H and O–H groups in total. The second-order valence-electron chi connectivity index (χ2n) is 6.67. The fourth-order valence-corrected chi connectivity index (χ4v) is 2.94. The molecule has 0 saturated carbocycles. The van der Waals surface area contributed by atoms with Crippen molar-refractivity contribution in [2.45, 2.75) is 40.5 Å². The molecule has 6 heteroatoms. The number of aromatic nitrogens is 2. The lowest BCUT2D eigenvalue weighted by molar-refractivity contribution is 0.0950. The molecule has 0 fully saturated rings. The van der Waals surface area contributed by atoms with Crippen molar-refractivity contribution >= 4 is 5.91 Å². The first-order valence-electron chi connectivity index (χ1n) is 9.84. The third-order valence-corrected chi connectivity index (χ3v) is 4.54. The molecule has 0 atom stereocenters. The zero-order valence-electron chi connectivity index (χ0n) is 17.1. The summed E-state index contributed by atoms with van der Waals surface area (Å²) in [6.45, 7) is 8.23. The van der Waals surface area contributed by atoms with Crippen LogP contribution in [0.2, 0.25) is 0 Å². The molecule has 0 spiro atoms. The zero-order chi connectivity index (χ0) is 20.6. The van der Waals surface area contributed by atoms with Gasteiger partial charge in [0, 0.05) is 30.4 Å². The molecule has 3 aromatic rings. The van der Waals surface area contributed by atoms with Gasteiger partial charge in [0.25, 0.3) is 5.91 Å². The highest BCUT2D eigenvalue weighted by atomic mass is 16.5. The van der Waals surface area contributed by atoms with E-state index in [4.69, 9.17) is 9.47 Å². The predicted molar refractivity (Wildman–Crippen MR) is 112 cm³/mol. The summed E-state index contributed by atoms with van der Waals surface area (Å²) >= 11 is 0. The number of nitrogens with zero attached hydrogens (tertiary/aromatic N) is 2. The van der Waals surface area contributed by atoms with Gasteiger partial charge in [-0.3, -0.25) is 9.48 Å². The molecular weight excluding hydrogens is 366 g/mol. The van der Waals surface area contributed by atoms with Crippen LogP contribution in [0.5, 0.6) is 11.5 Å². The van der Waals surface area contributed by atoms with Crippen molar-refractivity contribution in [2.24, 2.45) is 0 Å². The maximum absolute atomic E-state index is 12.5. The van der Waals surface area contributed by atoms with Crippen LogP contribution in [0, 0.1) is 6.92 Å². The molecular formula is C23H27N3O3. The summed E-state index contributed by atoms with van der Waals surface area (Å²) in [7, 11) is 0. The summed E-state index contributed by atoms with van der Waals surface area (Å²) in [6, 6.07) is 15.0. The maximum Gasteiger partial charge on any atom is 0.251 e. The number of amides is 1. The molecule has 0 aliphatic carbocycles. The third kappa shape index (κ3) is 5.60. The van der Waals surface area contributed by atoms with Crippen LogP contribution in [0.15, 0.2) is 54.7 Å². The van der Waals surface area contributed by atoms with Crippen molar-refractivity contribution in [3.05, 3.63) is 77.1 Å². The molecule has 3 rings (SSSR count). The summed E-state index contributed by atoms with van der Waals surface area (Å²) < 4.78 is 13.1. The zero-order valence-corrected chi connectivity index (χ0v) is 17.1. The lowest BCUT2D eigenvalue weighted by Crippen LogP contribution is -2.23. The first-order chi connectivity index (χ1) is 14.1. The van der Waals surface area contributed by atoms with Gasteiger partial charge in [-0.05, 0) is 62.7 Å². The number of carbonyl (C=O) groups is 1. The van der Waals surface area contributed by atoms with Crippen molar-refractivity contribution in [3.63, 3.8) is 0 Å². The second kappa shape index (κ2) is 9.78. The normalized spacial score (nSPS) is 10.6. The van der Waals surface area contributed by atoms with Gasteiger partial charge in [0.05, 0.1) is 12.3 Å². The third-order valence-electron chi connectivity index (χ3n) is 4.54. The van der Waals surface area contributed by atoms with Crippen LogP contribution in [0.3, 0.4) is 0 Å². The highest BCUT2D eigenvalue weighted by Crippen LogP contribution is 2.19. The number of hydrogen-bond donors (Lipinski definition) is 1. The summed E-state index contributed by atoms with van der Waals surface area (Å²) in [5.41, 5.74) is 3.50. The monoisotopic (exact) mass is 393 g/mol. The van der Waals surface area contributed by atoms with Crippen molar-refractivity contribution in [1.82, 2.24) is 15.1 Å². The number of carbonyl (C=O) groups excluding carboxylic acids is 1. The van der Waals surface area contributed by atoms with Gasteiger partial charge in [-0.1, -0.05) is 12.1 Å². The first kappa shape index (κ1) is 20.5. The number of benzene rings is 2. The molecule has 0 bridgehead atoms. The molecule has 0 unspecified atom stereocenters. The summed E-state index contributed by atoms with van der Waals surface area (Å²) in [5.74, 6) is 1.46. The van der Waals surface area contributed by atoms with Crippen molar-refractivity contribution < 1.29 is 14.3 Å². The van der Waals surface area contributed by atoms with Gasteiger partial charge < -0.3 is 14.8 Å². The van der Waals surface area contributed by atoms with Gasteiger partial charge >= 0.3 is 0 Å². The maximum atomic E-state index is 12.5. The van der Waals surface area contributed by atoms with Gasteiger partial charge in [0.2, 0.25) is 0 Å². The van der Waals surface area contributed by atoms with Crippen LogP contribution in [0.1, 0.15) is 41.0 Å². The van der Waals surface area contributed by atoms with E-state index in [1.54, 1.807) is 6.07 Å². The lowest BCUT2D eigenvalue weighted by Gasteiger charge is -2.09. The minimum Gasteiger partial charge on any atom is -0.494 e. The van der Waals surface area contributed by atoms with Crippen molar-refractivity contribution in [2.75, 3.05) is 6.61 Å². The summed E-state index contributed by atoms with van der Waals surface area (Å²) in [5, 5.41) is 7.37. The molecule has 1 aromatic heterocycles. The van der Waals surface area contributed by atoms with E-state index in [2.05, 4.69) is 10.4 Å². The fourth-order valence-electron chi connectivity index (χ4n) is 2.94. The number of ether oxygens (including phenoxy) is 2. The fraction of sp³-hybridized carbons (Fsp3) is 0.304. The minimum absolute atomic E-state index is 0.114. The highest BCUT2D eigenvalue weighted by Gasteiger charge is 2.09. The van der Waals surface area contributed by atoms with Crippen molar-refractivity contribution in [3.8, 4) is 11.5 Å². The van der Waals surface area contributed by atoms with E-state index in [9.17, 15) is 4.79 Å². The molecule has 0 saturated heterocycles. The Morgan fingerprint density at radius 2 is 1.79 bits per heavy atom. The molecule has 6 nitrogen and oxygen atoms in total. The van der Waals surface area contributed by atoms with Crippen LogP contribution in [0.25, 0.3) is 0 Å². The lowest BCUT2D eigenvalue weighted by atomic mass is 10.1. The van der Waals surface area contributed by atoms with Crippen LogP contribution in [0.4, 0.5) is 0 Å². The molecule has 29 heavy (non-hydrogen) atoms. The SMILES string of the molecule is CCOc1ccc(OCc2cccc(C(=O)NCc3cn(CC)nc3C)c2)cc1. The second-order valence-corrected chi connectivity index (χ2v) is 6.67. The number of aryl methyl sites for hydroxylation is 2. The van der Waals surface area contributed by atoms with Crippen LogP contribution in [-0.2, 0) is 19.7 Å². The molecule has 2 aromatic carbocycles. The van der Waals surface area contributed by atoms with Gasteiger partial charge in [0.1, 0.15) is 18.1 Å². The van der Waals surface area contributed by atoms with E-state index >= 15 is 0 Å². The largest absolute Gasteiger partial charge is 0.494 e. The summed E-state index contributed by atoms with van der Waals surface area (Å²) in [4.78, 5) is 12.5. The average molecular weight is 393 g/mol. The Balaban J connectivity index is 1.56. The average Bonchev–Trinajstić information content (AvgIpc) is 3.11. The predicted octanol–water partition coefficient (Wildman–Crippen LogP) is 4.12. The molecule has 152 valence electrons. The topological polar surface area (TPSA) is 65.4 Å². The first-order valence-corrected chi connectivity index (χ1v) is 9.84. The van der Waals surface area contributed by atoms with Gasteiger partial charge in [-0.2, -0.15) is 5.10 Å². The van der Waals surface area contributed by atoms with E-state index in [1.165, 1.54) is 0 Å². The Morgan fingerprint density at radius 1 is 1.07 bits per heavy atom. The summed E-state index contributed by atoms with van der Waals surface area (Å²) in [6.07, 6.45) is 1.97. The Morgan fingerprint density at radius 3 is 2.45 bits per heavy atom. The Labute approximate surface area is 171 Å². The number of nitrogens with one attached hydrogen (secondary N) is 1. The Kier molecular flexibility index (Phi) is 6.89. The smallest absolute Gasteiger partial charge is 0.251 e. The Bertz CT molecular complexity index is 948. The van der Waals surface area contributed by atoms with Crippen LogP contribution in [-0.4, -0.2) is 22.3 Å². The molecule has 1 heterocycles. The van der Waals surface area contributed by atoms with Crippen LogP contribution < -0.4 is 14.8 Å². The molecule has 1 amide bonds. The van der Waals surface area contributed by atoms with E-state index in [-0.39, 0.29) is 5.91 Å². The number of hydrogen-bond acceptors (Lipinski definition) is 4. The van der Waals surface area contributed by atoms with E-state index < -0.39 is 0 Å². The van der Waals surface area contributed by atoms with E-state index in [1.807, 2.05) is 74.1 Å². The highest BCUT2D eigenvalue weighted by molar-refractivity contribution is 5.94. The van der Waals surface area contributed by atoms with Gasteiger partial charge in [-0.15, -0.1) is 0 Å². The minimum atomic E-state index is -0.114. The van der Waals surface area contributed by atoms with Crippen LogP contribution >= 0.6 is 0 Å². The number of rotatable bonds is 9. The molecule has 0 aliphatic rings. The molecule has 0 aliphatic heterocycles. The quantitative estimate of drug-likeness (QED) is 0.594. The van der Waals surface area contributed by atoms with E-state index in [0.29, 0.717) is 25.3 Å². The standard InChI is InChI=1S/C23H27N3O3/c1-4-26-15-20(17(3)25-26)14-24-23(27)19-8-6-7-18(13-19)16-29-22-11-9-21(10-12-22)28-5-2/h6-13,15H,4-5,14,16H2,1-3H3,(H,24,27). The molecule has 0 radical (unpaired) electrons.